The molecule has 98 valence electrons. The van der Waals surface area contributed by atoms with E-state index in [0.29, 0.717) is 0 Å². The van der Waals surface area contributed by atoms with E-state index in [1.54, 1.807) is 11.6 Å². The number of ketones is 1. The minimum absolute atomic E-state index is 0.121. The maximum Gasteiger partial charge on any atom is 0.159 e. The zero-order valence-corrected chi connectivity index (χ0v) is 11.1. The van der Waals surface area contributed by atoms with Crippen LogP contribution in [0.1, 0.15) is 28.5 Å². The number of nitrogens with zero attached hydrogens (tertiary/aromatic N) is 4. The van der Waals surface area contributed by atoms with Crippen LogP contribution in [0.5, 0.6) is 0 Å². The second-order valence-corrected chi connectivity index (χ2v) is 4.95. The predicted molar refractivity (Wildman–Crippen MR) is 72.2 cm³/mol. The van der Waals surface area contributed by atoms with E-state index < -0.39 is 0 Å². The molecule has 5 nitrogen and oxygen atoms in total. The van der Waals surface area contributed by atoms with Gasteiger partial charge in [-0.3, -0.25) is 9.48 Å². The number of aryl methyl sites for hydroxylation is 1. The number of anilines is 1. The highest BCUT2D eigenvalue weighted by Crippen LogP contribution is 2.29. The molecular formula is C14H16N4O. The van der Waals surface area contributed by atoms with Crippen molar-refractivity contribution in [3.05, 3.63) is 41.2 Å². The summed E-state index contributed by atoms with van der Waals surface area (Å²) in [4.78, 5) is 13.7. The smallest absolute Gasteiger partial charge is 0.159 e. The summed E-state index contributed by atoms with van der Waals surface area (Å²) in [5.74, 6) is 0.121. The second-order valence-electron chi connectivity index (χ2n) is 4.95. The standard InChI is InChI=1S/C14H16N4O/c1-10(19)11-3-4-14-12(7-11)5-6-18(14)9-13-8-17(2)16-15-13/h3-4,7-8H,5-6,9H2,1-2H3. The van der Waals surface area contributed by atoms with Crippen LogP contribution < -0.4 is 4.90 Å². The Morgan fingerprint density at radius 1 is 1.42 bits per heavy atom. The fraction of sp³-hybridized carbons (Fsp3) is 0.357. The molecule has 2 aromatic rings. The van der Waals surface area contributed by atoms with Gasteiger partial charge in [-0.2, -0.15) is 0 Å². The fourth-order valence-corrected chi connectivity index (χ4v) is 2.52. The van der Waals surface area contributed by atoms with E-state index in [1.807, 2.05) is 31.4 Å². The maximum absolute atomic E-state index is 11.4. The number of rotatable bonds is 3. The summed E-state index contributed by atoms with van der Waals surface area (Å²) in [5.41, 5.74) is 4.21. The topological polar surface area (TPSA) is 51.0 Å². The highest BCUT2D eigenvalue weighted by molar-refractivity contribution is 5.94. The fourth-order valence-electron chi connectivity index (χ4n) is 2.52. The summed E-state index contributed by atoms with van der Waals surface area (Å²) >= 11 is 0. The normalized spacial score (nSPS) is 13.7. The van der Waals surface area contributed by atoms with Crippen molar-refractivity contribution in [3.8, 4) is 0 Å². The van der Waals surface area contributed by atoms with E-state index in [0.717, 1.165) is 30.8 Å². The van der Waals surface area contributed by atoms with E-state index in [2.05, 4.69) is 15.2 Å². The lowest BCUT2D eigenvalue weighted by Gasteiger charge is -2.17. The van der Waals surface area contributed by atoms with Crippen LogP contribution >= 0.6 is 0 Å². The van der Waals surface area contributed by atoms with Gasteiger partial charge in [0, 0.05) is 31.0 Å². The van der Waals surface area contributed by atoms with Crippen molar-refractivity contribution >= 4 is 11.5 Å². The maximum atomic E-state index is 11.4. The second kappa shape index (κ2) is 4.50. The van der Waals surface area contributed by atoms with Gasteiger partial charge in [-0.1, -0.05) is 5.21 Å². The van der Waals surface area contributed by atoms with Crippen molar-refractivity contribution < 1.29 is 4.79 Å². The third kappa shape index (κ3) is 2.23. The Balaban J connectivity index is 1.84. The number of carbonyl (C=O) groups is 1. The first kappa shape index (κ1) is 11.9. The summed E-state index contributed by atoms with van der Waals surface area (Å²) in [6.45, 7) is 3.33. The van der Waals surface area contributed by atoms with Gasteiger partial charge in [0.2, 0.25) is 0 Å². The van der Waals surface area contributed by atoms with Gasteiger partial charge >= 0.3 is 0 Å². The summed E-state index contributed by atoms with van der Waals surface area (Å²) < 4.78 is 1.71. The molecular weight excluding hydrogens is 240 g/mol. The van der Waals surface area contributed by atoms with Crippen LogP contribution in [0.2, 0.25) is 0 Å². The molecule has 0 radical (unpaired) electrons. The van der Waals surface area contributed by atoms with Crippen molar-refractivity contribution in [1.82, 2.24) is 15.0 Å². The van der Waals surface area contributed by atoms with Gasteiger partial charge in [0.15, 0.2) is 5.78 Å². The van der Waals surface area contributed by atoms with Crippen LogP contribution in [0, 0.1) is 0 Å². The molecule has 0 bridgehead atoms. The molecule has 3 rings (SSSR count). The Hall–Kier alpha value is -2.17. The van der Waals surface area contributed by atoms with Gasteiger partial charge < -0.3 is 4.90 Å². The molecule has 1 aromatic heterocycles. The average Bonchev–Trinajstić information content (AvgIpc) is 2.96. The zero-order valence-electron chi connectivity index (χ0n) is 11.1. The SMILES string of the molecule is CC(=O)c1ccc2c(c1)CCN2Cc1cn(C)nn1. The molecule has 0 fully saturated rings. The predicted octanol–water partition coefficient (Wildman–Crippen LogP) is 1.58. The first-order chi connectivity index (χ1) is 9.13. The molecule has 2 heterocycles. The van der Waals surface area contributed by atoms with Gasteiger partial charge in [-0.15, -0.1) is 5.10 Å². The van der Waals surface area contributed by atoms with Crippen LogP contribution in [-0.2, 0) is 20.0 Å². The molecule has 5 heteroatoms. The highest BCUT2D eigenvalue weighted by atomic mass is 16.1. The monoisotopic (exact) mass is 256 g/mol. The van der Waals surface area contributed by atoms with E-state index in [9.17, 15) is 4.79 Å². The number of carbonyl (C=O) groups excluding carboxylic acids is 1. The van der Waals surface area contributed by atoms with Crippen molar-refractivity contribution in [2.75, 3.05) is 11.4 Å². The lowest BCUT2D eigenvalue weighted by molar-refractivity contribution is 0.101. The van der Waals surface area contributed by atoms with Gasteiger partial charge in [0.1, 0.15) is 5.69 Å². The zero-order chi connectivity index (χ0) is 13.4. The Bertz CT molecular complexity index is 632. The molecule has 1 aliphatic heterocycles. The quantitative estimate of drug-likeness (QED) is 0.782. The number of aromatic nitrogens is 3. The van der Waals surface area contributed by atoms with Crippen LogP contribution in [0.15, 0.2) is 24.4 Å². The summed E-state index contributed by atoms with van der Waals surface area (Å²) in [5, 5.41) is 8.06. The number of fused-ring (bicyclic) bond motifs is 1. The lowest BCUT2D eigenvalue weighted by Crippen LogP contribution is -2.19. The highest BCUT2D eigenvalue weighted by Gasteiger charge is 2.20. The van der Waals surface area contributed by atoms with Crippen LogP contribution in [0.25, 0.3) is 0 Å². The Kier molecular flexibility index (Phi) is 2.81. The minimum Gasteiger partial charge on any atom is -0.365 e. The number of benzene rings is 1. The summed E-state index contributed by atoms with van der Waals surface area (Å²) in [6, 6.07) is 5.94. The Labute approximate surface area is 111 Å². The van der Waals surface area contributed by atoms with Crippen LogP contribution in [0.3, 0.4) is 0 Å². The van der Waals surface area contributed by atoms with E-state index >= 15 is 0 Å². The first-order valence-electron chi connectivity index (χ1n) is 6.37. The Morgan fingerprint density at radius 3 is 2.95 bits per heavy atom. The third-order valence-corrected chi connectivity index (χ3v) is 3.48. The number of hydrogen-bond acceptors (Lipinski definition) is 4. The minimum atomic E-state index is 0.121. The van der Waals surface area contributed by atoms with Gasteiger partial charge in [-0.05, 0) is 37.1 Å². The van der Waals surface area contributed by atoms with E-state index in [1.165, 1.54) is 11.3 Å². The van der Waals surface area contributed by atoms with Crippen molar-refractivity contribution in [2.45, 2.75) is 19.9 Å². The molecule has 0 atom stereocenters. The van der Waals surface area contributed by atoms with E-state index in [4.69, 9.17) is 0 Å². The number of hydrogen-bond donors (Lipinski definition) is 0. The molecule has 19 heavy (non-hydrogen) atoms. The molecule has 0 spiro atoms. The van der Waals surface area contributed by atoms with Gasteiger partial charge in [0.25, 0.3) is 0 Å². The van der Waals surface area contributed by atoms with Gasteiger partial charge in [0.05, 0.1) is 6.54 Å². The molecule has 0 aliphatic carbocycles. The molecule has 0 amide bonds. The van der Waals surface area contributed by atoms with Crippen molar-refractivity contribution in [2.24, 2.45) is 7.05 Å². The van der Waals surface area contributed by atoms with Gasteiger partial charge in [-0.25, -0.2) is 0 Å². The Morgan fingerprint density at radius 2 is 2.26 bits per heavy atom. The molecule has 0 saturated carbocycles. The lowest BCUT2D eigenvalue weighted by atomic mass is 10.1. The third-order valence-electron chi connectivity index (χ3n) is 3.48. The van der Waals surface area contributed by atoms with Crippen LogP contribution in [-0.4, -0.2) is 27.3 Å². The molecule has 0 N–H and O–H groups in total. The molecule has 1 aliphatic rings. The molecule has 0 unspecified atom stereocenters. The summed E-state index contributed by atoms with van der Waals surface area (Å²) in [6.07, 6.45) is 2.92. The van der Waals surface area contributed by atoms with Crippen LogP contribution in [0.4, 0.5) is 5.69 Å². The van der Waals surface area contributed by atoms with Crippen molar-refractivity contribution in [1.29, 1.82) is 0 Å². The average molecular weight is 256 g/mol. The number of Topliss-reactive ketones (excluding diaryl/α,β-unsaturated/α-hetero) is 1. The van der Waals surface area contributed by atoms with Crippen molar-refractivity contribution in [3.63, 3.8) is 0 Å². The first-order valence-corrected chi connectivity index (χ1v) is 6.37. The van der Waals surface area contributed by atoms with E-state index in [-0.39, 0.29) is 5.78 Å². The largest absolute Gasteiger partial charge is 0.365 e. The summed E-state index contributed by atoms with van der Waals surface area (Å²) in [7, 11) is 1.87. The molecule has 0 saturated heterocycles. The molecule has 1 aromatic carbocycles.